The van der Waals surface area contributed by atoms with Crippen molar-refractivity contribution in [1.82, 2.24) is 5.32 Å². The zero-order chi connectivity index (χ0) is 22.0. The average Bonchev–Trinajstić information content (AvgIpc) is 3.35. The number of hydrogen-bond donors (Lipinski definition) is 2. The Hall–Kier alpha value is -2.87. The molecule has 2 aliphatic rings. The Labute approximate surface area is 189 Å². The summed E-state index contributed by atoms with van der Waals surface area (Å²) in [6.45, 7) is 1.20. The number of nitrogens with zero attached hydrogens (tertiary/aromatic N) is 1. The van der Waals surface area contributed by atoms with Gasteiger partial charge in [-0.25, -0.2) is 4.90 Å². The fraction of sp³-hybridized carbons (Fsp3) is 0.227. The van der Waals surface area contributed by atoms with E-state index in [0.29, 0.717) is 28.5 Å². The molecule has 7 nitrogen and oxygen atoms in total. The molecule has 1 atom stereocenters. The second kappa shape index (κ2) is 9.09. The van der Waals surface area contributed by atoms with Gasteiger partial charge in [-0.05, 0) is 55.3 Å². The van der Waals surface area contributed by atoms with Crippen molar-refractivity contribution in [2.75, 3.05) is 23.4 Å². The zero-order valence-corrected chi connectivity index (χ0v) is 17.9. The molecule has 1 fully saturated rings. The molecule has 2 N–H and O–H groups in total. The molecule has 1 unspecified atom stereocenters. The van der Waals surface area contributed by atoms with Crippen molar-refractivity contribution in [1.29, 1.82) is 0 Å². The van der Waals surface area contributed by atoms with Crippen molar-refractivity contribution in [3.05, 3.63) is 69.8 Å². The Morgan fingerprint density at radius 3 is 2.55 bits per heavy atom. The highest BCUT2D eigenvalue weighted by Crippen LogP contribution is 2.31. The topological polar surface area (TPSA) is 87.7 Å². The van der Waals surface area contributed by atoms with E-state index in [2.05, 4.69) is 10.6 Å². The van der Waals surface area contributed by atoms with E-state index in [4.69, 9.17) is 27.9 Å². The van der Waals surface area contributed by atoms with Gasteiger partial charge in [-0.15, -0.1) is 0 Å². The Balaban J connectivity index is 1.43. The molecule has 31 heavy (non-hydrogen) atoms. The van der Waals surface area contributed by atoms with Crippen LogP contribution in [-0.2, 0) is 14.3 Å². The maximum absolute atomic E-state index is 12.8. The Kier molecular flexibility index (Phi) is 6.27. The maximum atomic E-state index is 12.8. The standard InChI is InChI=1S/C22H19Cl2N3O4/c23-14-3-1-4-16(11-14)27-21(29)18(24)19(22(27)30)26-15-8-6-13(7-9-15)20(28)25-12-17-5-2-10-31-17/h1,3-4,6-9,11,17,26H,2,5,10,12H2,(H,25,28). The van der Waals surface area contributed by atoms with Crippen LogP contribution in [0.15, 0.2) is 59.3 Å². The van der Waals surface area contributed by atoms with Crippen LogP contribution in [-0.4, -0.2) is 37.0 Å². The van der Waals surface area contributed by atoms with Crippen LogP contribution in [0.25, 0.3) is 0 Å². The number of benzene rings is 2. The van der Waals surface area contributed by atoms with E-state index in [9.17, 15) is 14.4 Å². The number of imide groups is 1. The van der Waals surface area contributed by atoms with E-state index in [1.165, 1.54) is 6.07 Å². The molecule has 0 bridgehead atoms. The third-order valence-corrected chi connectivity index (χ3v) is 5.61. The molecule has 160 valence electrons. The van der Waals surface area contributed by atoms with E-state index < -0.39 is 11.8 Å². The van der Waals surface area contributed by atoms with Gasteiger partial charge >= 0.3 is 0 Å². The van der Waals surface area contributed by atoms with Crippen molar-refractivity contribution in [2.24, 2.45) is 0 Å². The van der Waals surface area contributed by atoms with E-state index >= 15 is 0 Å². The average molecular weight is 460 g/mol. The van der Waals surface area contributed by atoms with Gasteiger partial charge in [0.2, 0.25) is 0 Å². The van der Waals surface area contributed by atoms with Gasteiger partial charge in [-0.3, -0.25) is 14.4 Å². The van der Waals surface area contributed by atoms with Crippen LogP contribution >= 0.6 is 23.2 Å². The highest BCUT2D eigenvalue weighted by Gasteiger charge is 2.39. The van der Waals surface area contributed by atoms with Crippen molar-refractivity contribution >= 4 is 52.3 Å². The molecule has 0 aliphatic carbocycles. The number of nitrogens with one attached hydrogen (secondary N) is 2. The van der Waals surface area contributed by atoms with Gasteiger partial charge in [0.15, 0.2) is 0 Å². The monoisotopic (exact) mass is 459 g/mol. The molecule has 2 aliphatic heterocycles. The smallest absolute Gasteiger partial charge is 0.283 e. The predicted octanol–water partition coefficient (Wildman–Crippen LogP) is 3.68. The van der Waals surface area contributed by atoms with Crippen molar-refractivity contribution in [3.63, 3.8) is 0 Å². The quantitative estimate of drug-likeness (QED) is 0.643. The number of rotatable bonds is 6. The molecule has 3 amide bonds. The lowest BCUT2D eigenvalue weighted by atomic mass is 10.1. The van der Waals surface area contributed by atoms with Crippen LogP contribution in [0.1, 0.15) is 23.2 Å². The minimum absolute atomic E-state index is 0.0396. The number of halogens is 2. The van der Waals surface area contributed by atoms with Gasteiger partial charge in [0.25, 0.3) is 17.7 Å². The van der Waals surface area contributed by atoms with Crippen molar-refractivity contribution < 1.29 is 19.1 Å². The normalized spacial score (nSPS) is 18.6. The molecule has 2 aromatic carbocycles. The molecule has 0 spiro atoms. The van der Waals surface area contributed by atoms with E-state index in [1.54, 1.807) is 42.5 Å². The lowest BCUT2D eigenvalue weighted by Gasteiger charge is -2.15. The summed E-state index contributed by atoms with van der Waals surface area (Å²) in [5.41, 5.74) is 1.27. The van der Waals surface area contributed by atoms with Crippen LogP contribution in [0.4, 0.5) is 11.4 Å². The molecule has 0 aromatic heterocycles. The summed E-state index contributed by atoms with van der Waals surface area (Å²) in [5.74, 6) is -1.43. The first-order valence-corrected chi connectivity index (χ1v) is 10.5. The fourth-order valence-corrected chi connectivity index (χ4v) is 3.82. The lowest BCUT2D eigenvalue weighted by Crippen LogP contribution is -2.32. The summed E-state index contributed by atoms with van der Waals surface area (Å²) in [4.78, 5) is 38.6. The third-order valence-electron chi connectivity index (χ3n) is 5.02. The summed E-state index contributed by atoms with van der Waals surface area (Å²) < 4.78 is 5.50. The molecule has 4 rings (SSSR count). The lowest BCUT2D eigenvalue weighted by molar-refractivity contribution is -0.120. The van der Waals surface area contributed by atoms with Gasteiger partial charge in [-0.1, -0.05) is 29.3 Å². The van der Waals surface area contributed by atoms with Crippen LogP contribution in [0.5, 0.6) is 0 Å². The van der Waals surface area contributed by atoms with Crippen molar-refractivity contribution in [2.45, 2.75) is 18.9 Å². The summed E-state index contributed by atoms with van der Waals surface area (Å²) in [6, 6.07) is 12.9. The summed E-state index contributed by atoms with van der Waals surface area (Å²) in [5, 5.41) is 5.90. The van der Waals surface area contributed by atoms with Crippen LogP contribution < -0.4 is 15.5 Å². The summed E-state index contributed by atoms with van der Waals surface area (Å²) in [6.07, 6.45) is 2.01. The van der Waals surface area contributed by atoms with Crippen LogP contribution in [0.2, 0.25) is 5.02 Å². The number of carbonyl (C=O) groups is 3. The Morgan fingerprint density at radius 2 is 1.87 bits per heavy atom. The maximum Gasteiger partial charge on any atom is 0.283 e. The Morgan fingerprint density at radius 1 is 1.10 bits per heavy atom. The number of amides is 3. The first-order valence-electron chi connectivity index (χ1n) is 9.75. The zero-order valence-electron chi connectivity index (χ0n) is 16.4. The first kappa shape index (κ1) is 21.4. The largest absolute Gasteiger partial charge is 0.376 e. The minimum atomic E-state index is -0.637. The SMILES string of the molecule is O=C(NCC1CCCO1)c1ccc(NC2=C(Cl)C(=O)N(c3cccc(Cl)c3)C2=O)cc1. The van der Waals surface area contributed by atoms with Crippen LogP contribution in [0.3, 0.4) is 0 Å². The second-order valence-electron chi connectivity index (χ2n) is 7.16. The molecule has 9 heteroatoms. The van der Waals surface area contributed by atoms with Crippen molar-refractivity contribution in [3.8, 4) is 0 Å². The van der Waals surface area contributed by atoms with E-state index in [0.717, 1.165) is 24.3 Å². The molecule has 0 radical (unpaired) electrons. The first-order chi connectivity index (χ1) is 14.9. The van der Waals surface area contributed by atoms with Gasteiger partial charge in [0.05, 0.1) is 11.8 Å². The Bertz CT molecular complexity index is 1060. The molecule has 1 saturated heterocycles. The van der Waals surface area contributed by atoms with Crippen LogP contribution in [0, 0.1) is 0 Å². The van der Waals surface area contributed by atoms with Gasteiger partial charge < -0.3 is 15.4 Å². The van der Waals surface area contributed by atoms with Gasteiger partial charge in [0, 0.05) is 29.4 Å². The van der Waals surface area contributed by atoms with E-state index in [1.807, 2.05) is 0 Å². The highest BCUT2D eigenvalue weighted by molar-refractivity contribution is 6.53. The minimum Gasteiger partial charge on any atom is -0.376 e. The molecule has 2 heterocycles. The summed E-state index contributed by atoms with van der Waals surface area (Å²) >= 11 is 12.1. The second-order valence-corrected chi connectivity index (χ2v) is 7.98. The fourth-order valence-electron chi connectivity index (χ4n) is 3.42. The molecule has 0 saturated carbocycles. The highest BCUT2D eigenvalue weighted by atomic mass is 35.5. The number of carbonyl (C=O) groups excluding carboxylic acids is 3. The molecule has 2 aromatic rings. The number of ether oxygens (including phenoxy) is 1. The van der Waals surface area contributed by atoms with E-state index in [-0.39, 0.29) is 22.7 Å². The third kappa shape index (κ3) is 4.58. The van der Waals surface area contributed by atoms with Gasteiger partial charge in [-0.2, -0.15) is 0 Å². The number of hydrogen-bond acceptors (Lipinski definition) is 5. The van der Waals surface area contributed by atoms with Gasteiger partial charge in [0.1, 0.15) is 10.7 Å². The number of anilines is 2. The molecular formula is C22H19Cl2N3O4. The predicted molar refractivity (Wildman–Crippen MR) is 118 cm³/mol. The summed E-state index contributed by atoms with van der Waals surface area (Å²) in [7, 11) is 0. The molecular weight excluding hydrogens is 441 g/mol.